The fraction of sp³-hybridized carbons (Fsp3) is 0.769. The van der Waals surface area contributed by atoms with Gasteiger partial charge in [-0.25, -0.2) is 13.4 Å². The second-order valence-corrected chi connectivity index (χ2v) is 7.59. The van der Waals surface area contributed by atoms with Crippen molar-refractivity contribution in [3.05, 3.63) is 12.0 Å². The van der Waals surface area contributed by atoms with E-state index < -0.39 is 10.0 Å². The van der Waals surface area contributed by atoms with Crippen LogP contribution >= 0.6 is 0 Å². The molecule has 3 heterocycles. The van der Waals surface area contributed by atoms with E-state index in [1.54, 1.807) is 10.5 Å². The molecule has 112 valence electrons. The summed E-state index contributed by atoms with van der Waals surface area (Å²) >= 11 is 0. The lowest BCUT2D eigenvalue weighted by Crippen LogP contribution is -2.39. The van der Waals surface area contributed by atoms with Gasteiger partial charge in [0.2, 0.25) is 0 Å². The van der Waals surface area contributed by atoms with Crippen LogP contribution in [0.15, 0.2) is 11.2 Å². The molecule has 1 aromatic rings. The van der Waals surface area contributed by atoms with Gasteiger partial charge in [-0.05, 0) is 33.1 Å². The van der Waals surface area contributed by atoms with Crippen molar-refractivity contribution >= 4 is 10.0 Å². The number of nitrogens with one attached hydrogen (secondary N) is 1. The molecular weight excluding hydrogens is 276 g/mol. The van der Waals surface area contributed by atoms with E-state index in [4.69, 9.17) is 0 Å². The highest BCUT2D eigenvalue weighted by Gasteiger charge is 2.36. The van der Waals surface area contributed by atoms with Gasteiger partial charge in [0.1, 0.15) is 5.82 Å². The number of nitrogens with zero attached hydrogens (tertiary/aromatic N) is 3. The van der Waals surface area contributed by atoms with Crippen LogP contribution in [0.25, 0.3) is 0 Å². The molecule has 1 N–H and O–H groups in total. The number of aryl methyl sites for hydroxylation is 2. The van der Waals surface area contributed by atoms with Crippen molar-refractivity contribution in [2.45, 2.75) is 56.8 Å². The van der Waals surface area contributed by atoms with Gasteiger partial charge in [-0.2, -0.15) is 4.31 Å². The Morgan fingerprint density at radius 2 is 2.10 bits per heavy atom. The van der Waals surface area contributed by atoms with E-state index in [1.165, 1.54) is 6.42 Å². The molecule has 0 spiro atoms. The van der Waals surface area contributed by atoms with Crippen LogP contribution in [0.2, 0.25) is 0 Å². The highest BCUT2D eigenvalue weighted by atomic mass is 32.2. The van der Waals surface area contributed by atoms with E-state index in [9.17, 15) is 8.42 Å². The molecule has 2 fully saturated rings. The maximum absolute atomic E-state index is 12.7. The first-order valence-electron chi connectivity index (χ1n) is 7.30. The van der Waals surface area contributed by atoms with Crippen LogP contribution in [0.1, 0.15) is 32.0 Å². The normalized spacial score (nSPS) is 27.7. The summed E-state index contributed by atoms with van der Waals surface area (Å²) in [5.74, 6) is 0.751. The Labute approximate surface area is 120 Å². The Balaban J connectivity index is 1.87. The maximum atomic E-state index is 12.7. The topological polar surface area (TPSA) is 67.2 Å². The SMILES string of the molecule is CCn1cc(S(=O)(=O)N2CCC3CCC(C2)N3)nc1C. The summed E-state index contributed by atoms with van der Waals surface area (Å²) in [4.78, 5) is 4.23. The number of imidazole rings is 1. The van der Waals surface area contributed by atoms with Crippen molar-refractivity contribution in [2.75, 3.05) is 13.1 Å². The van der Waals surface area contributed by atoms with Gasteiger partial charge in [0.25, 0.3) is 10.0 Å². The molecule has 0 amide bonds. The van der Waals surface area contributed by atoms with Crippen molar-refractivity contribution in [2.24, 2.45) is 0 Å². The van der Waals surface area contributed by atoms with Crippen molar-refractivity contribution in [1.82, 2.24) is 19.2 Å². The molecule has 2 saturated heterocycles. The summed E-state index contributed by atoms with van der Waals surface area (Å²) in [7, 11) is -3.46. The van der Waals surface area contributed by atoms with Gasteiger partial charge in [-0.3, -0.25) is 0 Å². The molecule has 20 heavy (non-hydrogen) atoms. The van der Waals surface area contributed by atoms with E-state index in [2.05, 4.69) is 10.3 Å². The molecule has 0 aromatic carbocycles. The molecule has 2 bridgehead atoms. The molecule has 0 radical (unpaired) electrons. The Bertz CT molecular complexity index is 596. The molecule has 2 aliphatic rings. The van der Waals surface area contributed by atoms with Gasteiger partial charge >= 0.3 is 0 Å². The first-order valence-corrected chi connectivity index (χ1v) is 8.74. The van der Waals surface area contributed by atoms with Crippen LogP contribution < -0.4 is 5.32 Å². The lowest BCUT2D eigenvalue weighted by molar-refractivity contribution is 0.382. The summed E-state index contributed by atoms with van der Waals surface area (Å²) in [5, 5.41) is 3.69. The van der Waals surface area contributed by atoms with Crippen molar-refractivity contribution in [1.29, 1.82) is 0 Å². The van der Waals surface area contributed by atoms with Crippen LogP contribution in [-0.2, 0) is 16.6 Å². The average molecular weight is 298 g/mol. The second-order valence-electron chi connectivity index (χ2n) is 5.70. The minimum Gasteiger partial charge on any atom is -0.334 e. The van der Waals surface area contributed by atoms with Crippen molar-refractivity contribution in [3.63, 3.8) is 0 Å². The number of fused-ring (bicyclic) bond motifs is 2. The van der Waals surface area contributed by atoms with Gasteiger partial charge in [0, 0.05) is 37.9 Å². The van der Waals surface area contributed by atoms with Gasteiger partial charge in [0.05, 0.1) is 0 Å². The monoisotopic (exact) mass is 298 g/mol. The molecule has 6 nitrogen and oxygen atoms in total. The first kappa shape index (κ1) is 14.0. The van der Waals surface area contributed by atoms with Crippen LogP contribution in [-0.4, -0.2) is 47.4 Å². The predicted octanol–water partition coefficient (Wildman–Crippen LogP) is 0.726. The minimum absolute atomic E-state index is 0.189. The van der Waals surface area contributed by atoms with Gasteiger partial charge < -0.3 is 9.88 Å². The number of sulfonamides is 1. The standard InChI is InChI=1S/C13H22N4O2S/c1-3-16-9-13(14-10(16)2)20(18,19)17-7-6-11-4-5-12(8-17)15-11/h9,11-12,15H,3-8H2,1-2H3. The molecule has 0 saturated carbocycles. The first-order chi connectivity index (χ1) is 9.50. The van der Waals surface area contributed by atoms with Gasteiger partial charge in [0.15, 0.2) is 5.03 Å². The van der Waals surface area contributed by atoms with Crippen LogP contribution in [0.4, 0.5) is 0 Å². The quantitative estimate of drug-likeness (QED) is 0.893. The third-order valence-corrected chi connectivity index (χ3v) is 6.12. The molecule has 3 rings (SSSR count). The van der Waals surface area contributed by atoms with E-state index in [0.717, 1.165) is 25.2 Å². The Kier molecular flexibility index (Phi) is 3.60. The molecule has 2 unspecified atom stereocenters. The minimum atomic E-state index is -3.46. The van der Waals surface area contributed by atoms with E-state index in [0.29, 0.717) is 25.2 Å². The van der Waals surface area contributed by atoms with Gasteiger partial charge in [-0.1, -0.05) is 0 Å². The molecular formula is C13H22N4O2S. The van der Waals surface area contributed by atoms with Crippen molar-refractivity contribution < 1.29 is 8.42 Å². The lowest BCUT2D eigenvalue weighted by atomic mass is 10.1. The van der Waals surface area contributed by atoms with Gasteiger partial charge in [-0.15, -0.1) is 0 Å². The number of aromatic nitrogens is 2. The summed E-state index contributed by atoms with van der Waals surface area (Å²) in [6.07, 6.45) is 4.78. The zero-order valence-corrected chi connectivity index (χ0v) is 12.9. The molecule has 7 heteroatoms. The Morgan fingerprint density at radius 1 is 1.35 bits per heavy atom. The van der Waals surface area contributed by atoms with E-state index in [-0.39, 0.29) is 5.03 Å². The zero-order valence-electron chi connectivity index (χ0n) is 12.0. The highest BCUT2D eigenvalue weighted by molar-refractivity contribution is 7.89. The molecule has 0 aliphatic carbocycles. The maximum Gasteiger partial charge on any atom is 0.262 e. The highest BCUT2D eigenvalue weighted by Crippen LogP contribution is 2.24. The van der Waals surface area contributed by atoms with E-state index >= 15 is 0 Å². The third-order valence-electron chi connectivity index (χ3n) is 4.38. The summed E-state index contributed by atoms with van der Waals surface area (Å²) in [6, 6.07) is 0.779. The Hall–Kier alpha value is -0.920. The van der Waals surface area contributed by atoms with Crippen molar-refractivity contribution in [3.8, 4) is 0 Å². The predicted molar refractivity (Wildman–Crippen MR) is 76.0 cm³/mol. The Morgan fingerprint density at radius 3 is 2.80 bits per heavy atom. The summed E-state index contributed by atoms with van der Waals surface area (Å²) in [5.41, 5.74) is 0. The summed E-state index contributed by atoms with van der Waals surface area (Å²) < 4.78 is 28.9. The fourth-order valence-corrected chi connectivity index (χ4v) is 4.68. The average Bonchev–Trinajstić information content (AvgIpc) is 2.92. The summed E-state index contributed by atoms with van der Waals surface area (Å²) in [6.45, 7) is 5.72. The lowest BCUT2D eigenvalue weighted by Gasteiger charge is -2.22. The molecule has 2 aliphatic heterocycles. The molecule has 1 aromatic heterocycles. The zero-order chi connectivity index (χ0) is 14.3. The number of rotatable bonds is 3. The number of hydrogen-bond acceptors (Lipinski definition) is 4. The fourth-order valence-electron chi connectivity index (χ4n) is 3.19. The third kappa shape index (κ3) is 2.38. The second kappa shape index (κ2) is 5.13. The van der Waals surface area contributed by atoms with E-state index in [1.807, 2.05) is 18.4 Å². The van der Waals surface area contributed by atoms with Crippen LogP contribution in [0.5, 0.6) is 0 Å². The largest absolute Gasteiger partial charge is 0.334 e. The van der Waals surface area contributed by atoms with Crippen LogP contribution in [0.3, 0.4) is 0 Å². The van der Waals surface area contributed by atoms with Crippen LogP contribution in [0, 0.1) is 6.92 Å². The smallest absolute Gasteiger partial charge is 0.262 e. The molecule has 2 atom stereocenters. The number of hydrogen-bond donors (Lipinski definition) is 1.